The summed E-state index contributed by atoms with van der Waals surface area (Å²) in [5, 5.41) is 86.9. The van der Waals surface area contributed by atoms with E-state index in [1.165, 1.54) is 55.5 Å². The molecule has 2 aromatic rings. The lowest BCUT2D eigenvalue weighted by molar-refractivity contribution is -0.143. The predicted octanol–water partition coefficient (Wildman–Crippen LogP) is -5.29. The number of aliphatic hydroxyl groups excluding tert-OH is 3. The molecule has 2 aromatic carbocycles. The van der Waals surface area contributed by atoms with Crippen LogP contribution in [0, 0.1) is 5.92 Å². The Hall–Kier alpha value is -7.42. The van der Waals surface area contributed by atoms with Crippen LogP contribution in [0.15, 0.2) is 48.5 Å². The molecule has 69 heavy (non-hydrogen) atoms. The number of aliphatic carboxylic acids is 2. The maximum Gasteiger partial charge on any atom is 0.325 e. The number of carbonyl (C=O) groups is 10. The van der Waals surface area contributed by atoms with Gasteiger partial charge in [-0.3, -0.25) is 47.9 Å². The number of aliphatic hydroxyl groups is 3. The van der Waals surface area contributed by atoms with Crippen LogP contribution >= 0.6 is 0 Å². The van der Waals surface area contributed by atoms with Gasteiger partial charge < -0.3 is 84.0 Å². The zero-order valence-electron chi connectivity index (χ0n) is 38.1. The van der Waals surface area contributed by atoms with E-state index >= 15 is 0 Å². The number of nitrogens with two attached hydrogens (primary N) is 1. The van der Waals surface area contributed by atoms with Gasteiger partial charge in [-0.15, -0.1) is 0 Å². The third kappa shape index (κ3) is 19.0. The highest BCUT2D eigenvalue weighted by atomic mass is 16.4. The predicted molar refractivity (Wildman–Crippen MR) is 239 cm³/mol. The average Bonchev–Trinajstić information content (AvgIpc) is 3.30. The summed E-state index contributed by atoms with van der Waals surface area (Å²) in [6.07, 6.45) is -3.05. The van der Waals surface area contributed by atoms with Gasteiger partial charge >= 0.3 is 11.9 Å². The number of hydrogen-bond donors (Lipinski definition) is 16. The zero-order valence-corrected chi connectivity index (χ0v) is 38.1. The van der Waals surface area contributed by atoms with Crippen LogP contribution in [0.2, 0.25) is 0 Å². The molecule has 0 heterocycles. The summed E-state index contributed by atoms with van der Waals surface area (Å²) < 4.78 is 0. The minimum atomic E-state index is -1.98. The second kappa shape index (κ2) is 28.0. The number of carbonyl (C=O) groups excluding carboxylic acids is 8. The van der Waals surface area contributed by atoms with Gasteiger partial charge in [0.1, 0.15) is 59.8 Å². The van der Waals surface area contributed by atoms with Gasteiger partial charge in [0.05, 0.1) is 32.3 Å². The van der Waals surface area contributed by atoms with Crippen LogP contribution in [0.1, 0.15) is 51.7 Å². The van der Waals surface area contributed by atoms with Crippen molar-refractivity contribution < 1.29 is 83.7 Å². The van der Waals surface area contributed by atoms with Crippen molar-refractivity contribution >= 4 is 59.2 Å². The number of rotatable bonds is 28. The molecule has 380 valence electrons. The van der Waals surface area contributed by atoms with Gasteiger partial charge in [-0.05, 0) is 55.2 Å². The molecule has 2 rings (SSSR count). The molecule has 0 saturated carbocycles. The van der Waals surface area contributed by atoms with E-state index in [1.54, 1.807) is 6.92 Å². The fraction of sp³-hybridized carbons (Fsp3) is 0.488. The second-order valence-electron chi connectivity index (χ2n) is 15.9. The lowest BCUT2D eigenvalue weighted by Crippen LogP contribution is -2.63. The Morgan fingerprint density at radius 3 is 1.33 bits per heavy atom. The third-order valence-corrected chi connectivity index (χ3v) is 10.5. The van der Waals surface area contributed by atoms with Crippen LogP contribution in [-0.2, 0) is 60.8 Å². The van der Waals surface area contributed by atoms with Gasteiger partial charge in [-0.1, -0.05) is 44.5 Å². The molecule has 0 aliphatic carbocycles. The SMILES string of the molecule is CC[C@H](C)[C@H](NC(=O)[C@H](CO)NC(=O)[C@H](Cc1ccc(O)cc1)NC(=O)CN)C(=O)N[C@H](C(=O)N[C@@H](CO)C(=O)N[C@@H](CC(=O)O)C(=O)N[C@@H](Cc1ccc(O)cc1)C(=O)N[C@@H](C)C(=O)O)[C@@H](C)O. The first-order chi connectivity index (χ1) is 32.4. The van der Waals surface area contributed by atoms with Crippen molar-refractivity contribution in [2.24, 2.45) is 11.7 Å². The molecule has 0 radical (unpaired) electrons. The number of amides is 8. The summed E-state index contributed by atoms with van der Waals surface area (Å²) in [5.41, 5.74) is 6.25. The number of nitrogens with one attached hydrogen (secondary N) is 8. The van der Waals surface area contributed by atoms with E-state index in [1.807, 2.05) is 0 Å². The Morgan fingerprint density at radius 2 is 0.899 bits per heavy atom. The summed E-state index contributed by atoms with van der Waals surface area (Å²) in [7, 11) is 0. The van der Waals surface area contributed by atoms with E-state index in [4.69, 9.17) is 5.73 Å². The maximum absolute atomic E-state index is 13.8. The standard InChI is InChI=1S/C43H61N9O17/c1-5-20(2)34(51-40(65)31(19-54)49-37(62)27(46-32(58)17-44)14-23-6-10-25(56)11-7-23)41(66)52-35(22(4)55)42(67)50-30(18-53)39(64)48-29(16-33(59)60)38(63)47-28(36(61)45-21(3)43(68)69)15-24-8-12-26(57)13-9-24/h6-13,20-22,27-31,34-35,53-57H,5,14-19,44H2,1-4H3,(H,45,61)(H,46,58)(H,47,63)(H,48,64)(H,49,62)(H,50,67)(H,51,65)(H,52,66)(H,59,60)(H,68,69)/t20-,21-,22+,27-,28-,29-,30-,31-,34-,35-/m0/s1. The first kappa shape index (κ1) is 57.7. The summed E-state index contributed by atoms with van der Waals surface area (Å²) in [6.45, 7) is 2.69. The molecule has 26 nitrogen and oxygen atoms in total. The van der Waals surface area contributed by atoms with Gasteiger partial charge in [0.2, 0.25) is 47.3 Å². The van der Waals surface area contributed by atoms with Crippen molar-refractivity contribution in [2.45, 2.75) is 108 Å². The van der Waals surface area contributed by atoms with Crippen molar-refractivity contribution in [3.8, 4) is 11.5 Å². The van der Waals surface area contributed by atoms with Crippen molar-refractivity contribution in [1.82, 2.24) is 42.5 Å². The van der Waals surface area contributed by atoms with Gasteiger partial charge in [0.25, 0.3) is 0 Å². The smallest absolute Gasteiger partial charge is 0.325 e. The number of hydrogen-bond acceptors (Lipinski definition) is 16. The van der Waals surface area contributed by atoms with Gasteiger partial charge in [-0.2, -0.15) is 0 Å². The minimum Gasteiger partial charge on any atom is -0.508 e. The summed E-state index contributed by atoms with van der Waals surface area (Å²) in [4.78, 5) is 130. The summed E-state index contributed by atoms with van der Waals surface area (Å²) in [6, 6.07) is -2.44. The largest absolute Gasteiger partial charge is 0.508 e. The van der Waals surface area contributed by atoms with Crippen molar-refractivity contribution in [2.75, 3.05) is 19.8 Å². The van der Waals surface area contributed by atoms with Crippen LogP contribution < -0.4 is 48.3 Å². The number of phenolic OH excluding ortho intramolecular Hbond substituents is 2. The van der Waals surface area contributed by atoms with Crippen molar-refractivity contribution in [3.05, 3.63) is 59.7 Å². The van der Waals surface area contributed by atoms with Gasteiger partial charge in [-0.25, -0.2) is 0 Å². The number of aromatic hydroxyl groups is 2. The Labute approximate surface area is 395 Å². The van der Waals surface area contributed by atoms with E-state index in [9.17, 15) is 83.7 Å². The molecule has 0 saturated heterocycles. The molecule has 8 amide bonds. The molecule has 10 atom stereocenters. The van der Waals surface area contributed by atoms with Crippen molar-refractivity contribution in [1.29, 1.82) is 0 Å². The molecule has 0 spiro atoms. The molecule has 0 aliphatic rings. The van der Waals surface area contributed by atoms with Crippen LogP contribution in [0.3, 0.4) is 0 Å². The first-order valence-corrected chi connectivity index (χ1v) is 21.5. The van der Waals surface area contributed by atoms with Crippen LogP contribution in [0.25, 0.3) is 0 Å². The average molecular weight is 976 g/mol. The Morgan fingerprint density at radius 1 is 0.522 bits per heavy atom. The summed E-state index contributed by atoms with van der Waals surface area (Å²) >= 11 is 0. The fourth-order valence-corrected chi connectivity index (χ4v) is 6.24. The quantitative estimate of drug-likeness (QED) is 0.0379. The van der Waals surface area contributed by atoms with Crippen molar-refractivity contribution in [3.63, 3.8) is 0 Å². The van der Waals surface area contributed by atoms with Crippen LogP contribution in [0.4, 0.5) is 0 Å². The molecule has 0 aliphatic heterocycles. The maximum atomic E-state index is 13.8. The second-order valence-corrected chi connectivity index (χ2v) is 15.9. The Bertz CT molecular complexity index is 2120. The van der Waals surface area contributed by atoms with E-state index in [0.29, 0.717) is 11.1 Å². The van der Waals surface area contributed by atoms with E-state index in [2.05, 4.69) is 42.5 Å². The molecule has 17 N–H and O–H groups in total. The third-order valence-electron chi connectivity index (χ3n) is 10.5. The highest BCUT2D eigenvalue weighted by Crippen LogP contribution is 2.14. The Kier molecular flexibility index (Phi) is 23.4. The lowest BCUT2D eigenvalue weighted by atomic mass is 9.97. The first-order valence-electron chi connectivity index (χ1n) is 21.5. The topological polar surface area (TPSA) is 435 Å². The number of carboxylic acid groups (broad SMARTS) is 2. The Balaban J connectivity index is 2.27. The molecule has 0 unspecified atom stereocenters. The molecule has 0 bridgehead atoms. The van der Waals surface area contributed by atoms with Crippen LogP contribution in [0.5, 0.6) is 11.5 Å². The number of carboxylic acids is 2. The van der Waals surface area contributed by atoms with E-state index < -0.39 is 146 Å². The minimum absolute atomic E-state index is 0.0656. The van der Waals surface area contributed by atoms with E-state index in [0.717, 1.165) is 13.8 Å². The molecule has 0 aromatic heterocycles. The molecule has 26 heteroatoms. The monoisotopic (exact) mass is 975 g/mol. The lowest BCUT2D eigenvalue weighted by Gasteiger charge is -2.30. The highest BCUT2D eigenvalue weighted by Gasteiger charge is 2.37. The fourth-order valence-electron chi connectivity index (χ4n) is 6.24. The molecular weight excluding hydrogens is 915 g/mol. The summed E-state index contributed by atoms with van der Waals surface area (Å²) in [5.74, 6) is -12.7. The van der Waals surface area contributed by atoms with E-state index in [-0.39, 0.29) is 30.8 Å². The normalized spacial score (nSPS) is 15.3. The van der Waals surface area contributed by atoms with Gasteiger partial charge in [0, 0.05) is 12.8 Å². The van der Waals surface area contributed by atoms with Crippen LogP contribution in [-0.4, -0.2) is 169 Å². The number of benzene rings is 2. The molecule has 0 fully saturated rings. The molecular formula is C43H61N9O17. The van der Waals surface area contributed by atoms with Gasteiger partial charge in [0.15, 0.2) is 0 Å². The highest BCUT2D eigenvalue weighted by molar-refractivity contribution is 5.99. The zero-order chi connectivity index (χ0) is 52.1. The number of phenols is 2.